The molecule has 0 bridgehead atoms. The maximum Gasteiger partial charge on any atom is 0.416 e. The van der Waals surface area contributed by atoms with Crippen molar-refractivity contribution in [2.45, 2.75) is 13.1 Å². The summed E-state index contributed by atoms with van der Waals surface area (Å²) in [4.78, 5) is 16.9. The quantitative estimate of drug-likeness (QED) is 0.370. The number of alkyl halides is 3. The van der Waals surface area contributed by atoms with E-state index in [4.69, 9.17) is 9.47 Å². The van der Waals surface area contributed by atoms with Crippen molar-refractivity contribution in [2.75, 3.05) is 19.0 Å². The molecule has 0 saturated carbocycles. The molecule has 0 aliphatic carbocycles. The van der Waals surface area contributed by atoms with Gasteiger partial charge in [-0.25, -0.2) is 4.68 Å². The summed E-state index contributed by atoms with van der Waals surface area (Å²) in [5.41, 5.74) is 1.19. The Morgan fingerprint density at radius 2 is 1.74 bits per heavy atom. The Balaban J connectivity index is 1.57. The fourth-order valence-electron chi connectivity index (χ4n) is 3.31. The van der Waals surface area contributed by atoms with Crippen molar-refractivity contribution in [1.82, 2.24) is 14.8 Å². The van der Waals surface area contributed by atoms with Gasteiger partial charge in [0, 0.05) is 16.8 Å². The Labute approximate surface area is 199 Å². The van der Waals surface area contributed by atoms with Crippen LogP contribution in [0.2, 0.25) is 0 Å². The van der Waals surface area contributed by atoms with Crippen LogP contribution in [0.3, 0.4) is 0 Å². The number of aromatic nitrogens is 3. The van der Waals surface area contributed by atoms with Gasteiger partial charge >= 0.3 is 12.2 Å². The molecule has 7 nitrogen and oxygen atoms in total. The first-order chi connectivity index (χ1) is 16.8. The number of anilines is 1. The van der Waals surface area contributed by atoms with Crippen LogP contribution in [-0.2, 0) is 6.18 Å². The van der Waals surface area contributed by atoms with Crippen molar-refractivity contribution in [3.63, 3.8) is 0 Å². The predicted molar refractivity (Wildman–Crippen MR) is 124 cm³/mol. The lowest BCUT2D eigenvalue weighted by molar-refractivity contribution is -0.137. The molecule has 0 unspecified atom stereocenters. The van der Waals surface area contributed by atoms with Crippen molar-refractivity contribution < 1.29 is 27.4 Å². The van der Waals surface area contributed by atoms with Crippen LogP contribution in [0.5, 0.6) is 11.8 Å². The highest BCUT2D eigenvalue weighted by Crippen LogP contribution is 2.30. The zero-order valence-electron chi connectivity index (χ0n) is 18.8. The predicted octanol–water partition coefficient (Wildman–Crippen LogP) is 5.61. The van der Waals surface area contributed by atoms with Crippen LogP contribution >= 0.6 is 0 Å². The van der Waals surface area contributed by atoms with Gasteiger partial charge in [0.1, 0.15) is 5.75 Å². The number of carbonyl (C=O) groups excluding carboxylic acids is 1. The first-order valence-electron chi connectivity index (χ1n) is 10.6. The fraction of sp³-hybridized carbons (Fsp3) is 0.160. The molecule has 1 amide bonds. The second kappa shape index (κ2) is 9.88. The molecule has 0 fully saturated rings. The molecule has 0 saturated heterocycles. The molecule has 4 rings (SSSR count). The lowest BCUT2D eigenvalue weighted by atomic mass is 10.1. The first kappa shape index (κ1) is 23.8. The Morgan fingerprint density at radius 1 is 1.03 bits per heavy atom. The molecular weight excluding hydrogens is 461 g/mol. The number of nitrogens with zero attached hydrogens (tertiary/aromatic N) is 3. The van der Waals surface area contributed by atoms with Crippen LogP contribution in [0.1, 0.15) is 22.8 Å². The summed E-state index contributed by atoms with van der Waals surface area (Å²) < 4.78 is 50.6. The van der Waals surface area contributed by atoms with Gasteiger partial charge in [-0.2, -0.15) is 18.2 Å². The van der Waals surface area contributed by atoms with Crippen LogP contribution in [-0.4, -0.2) is 34.4 Å². The molecule has 10 heteroatoms. The molecule has 1 heterocycles. The summed E-state index contributed by atoms with van der Waals surface area (Å²) in [6, 6.07) is 18.4. The van der Waals surface area contributed by atoms with Crippen LogP contribution in [0.15, 0.2) is 72.8 Å². The Hall–Kier alpha value is -4.34. The Kier molecular flexibility index (Phi) is 6.72. The zero-order chi connectivity index (χ0) is 25.0. The van der Waals surface area contributed by atoms with Gasteiger partial charge in [-0.3, -0.25) is 4.79 Å². The highest BCUT2D eigenvalue weighted by Gasteiger charge is 2.30. The standard InChI is InChI=1S/C25H21F3N4O3/c1-3-35-24-30-22(17-5-4-6-21(15-17)34-2)32(31-24)20-13-11-19(12-14-20)29-23(33)16-7-9-18(10-8-16)25(26,27)28/h4-15H,3H2,1-2H3,(H,29,33). The lowest BCUT2D eigenvalue weighted by Crippen LogP contribution is -2.13. The minimum Gasteiger partial charge on any atom is -0.497 e. The van der Waals surface area contributed by atoms with E-state index < -0.39 is 17.6 Å². The van der Waals surface area contributed by atoms with Crippen molar-refractivity contribution in [3.8, 4) is 28.8 Å². The van der Waals surface area contributed by atoms with Gasteiger partial charge < -0.3 is 14.8 Å². The average Bonchev–Trinajstić information content (AvgIpc) is 3.28. The van der Waals surface area contributed by atoms with E-state index >= 15 is 0 Å². The molecule has 4 aromatic rings. The number of halogens is 3. The van der Waals surface area contributed by atoms with Crippen LogP contribution in [0.25, 0.3) is 17.1 Å². The maximum atomic E-state index is 12.7. The minimum atomic E-state index is -4.46. The zero-order valence-corrected chi connectivity index (χ0v) is 18.8. The number of hydrogen-bond donors (Lipinski definition) is 1. The largest absolute Gasteiger partial charge is 0.497 e. The summed E-state index contributed by atoms with van der Waals surface area (Å²) in [7, 11) is 1.58. The number of amides is 1. The van der Waals surface area contributed by atoms with Crippen molar-refractivity contribution in [2.24, 2.45) is 0 Å². The minimum absolute atomic E-state index is 0.111. The summed E-state index contributed by atoms with van der Waals surface area (Å²) in [5.74, 6) is 0.674. The van der Waals surface area contributed by atoms with Crippen LogP contribution < -0.4 is 14.8 Å². The van der Waals surface area contributed by atoms with Crippen LogP contribution in [0.4, 0.5) is 18.9 Å². The third-order valence-electron chi connectivity index (χ3n) is 5.03. The van der Waals surface area contributed by atoms with Gasteiger partial charge in [0.25, 0.3) is 5.91 Å². The summed E-state index contributed by atoms with van der Waals surface area (Å²) in [6.07, 6.45) is -4.46. The van der Waals surface area contributed by atoms with Gasteiger partial charge in [0.05, 0.1) is 25.0 Å². The normalized spacial score (nSPS) is 11.2. The second-order valence-corrected chi connectivity index (χ2v) is 7.37. The number of benzene rings is 3. The summed E-state index contributed by atoms with van der Waals surface area (Å²) >= 11 is 0. The van der Waals surface area contributed by atoms with Gasteiger partial charge in [-0.15, -0.1) is 5.10 Å². The lowest BCUT2D eigenvalue weighted by Gasteiger charge is -2.10. The number of ether oxygens (including phenoxy) is 2. The monoisotopic (exact) mass is 482 g/mol. The first-order valence-corrected chi connectivity index (χ1v) is 10.6. The molecule has 180 valence electrons. The maximum absolute atomic E-state index is 12.7. The van der Waals surface area contributed by atoms with E-state index in [0.29, 0.717) is 29.6 Å². The third kappa shape index (κ3) is 5.43. The molecule has 0 atom stereocenters. The van der Waals surface area contributed by atoms with Gasteiger partial charge in [-0.05, 0) is 67.6 Å². The number of nitrogens with one attached hydrogen (secondary N) is 1. The van der Waals surface area contributed by atoms with E-state index in [0.717, 1.165) is 29.8 Å². The number of carbonyl (C=O) groups is 1. The number of rotatable bonds is 7. The highest BCUT2D eigenvalue weighted by atomic mass is 19.4. The van der Waals surface area contributed by atoms with Gasteiger partial charge in [-0.1, -0.05) is 12.1 Å². The fourth-order valence-corrected chi connectivity index (χ4v) is 3.31. The summed E-state index contributed by atoms with van der Waals surface area (Å²) in [6.45, 7) is 2.23. The van der Waals surface area contributed by atoms with Crippen molar-refractivity contribution >= 4 is 11.6 Å². The molecule has 1 N–H and O–H groups in total. The molecule has 3 aromatic carbocycles. The Morgan fingerprint density at radius 3 is 2.37 bits per heavy atom. The van der Waals surface area contributed by atoms with E-state index in [-0.39, 0.29) is 11.6 Å². The van der Waals surface area contributed by atoms with E-state index in [2.05, 4.69) is 15.4 Å². The molecule has 35 heavy (non-hydrogen) atoms. The van der Waals surface area contributed by atoms with E-state index in [1.165, 1.54) is 0 Å². The van der Waals surface area contributed by atoms with Gasteiger partial charge in [0.15, 0.2) is 5.82 Å². The number of methoxy groups -OCH3 is 1. The van der Waals surface area contributed by atoms with E-state index in [9.17, 15) is 18.0 Å². The van der Waals surface area contributed by atoms with Crippen molar-refractivity contribution in [1.29, 1.82) is 0 Å². The molecule has 1 aromatic heterocycles. The molecule has 0 radical (unpaired) electrons. The topological polar surface area (TPSA) is 78.3 Å². The molecule has 0 aliphatic heterocycles. The highest BCUT2D eigenvalue weighted by molar-refractivity contribution is 6.04. The molecule has 0 spiro atoms. The van der Waals surface area contributed by atoms with Gasteiger partial charge in [0.2, 0.25) is 0 Å². The van der Waals surface area contributed by atoms with Crippen LogP contribution in [0, 0.1) is 0 Å². The second-order valence-electron chi connectivity index (χ2n) is 7.37. The summed E-state index contributed by atoms with van der Waals surface area (Å²) in [5, 5.41) is 7.11. The Bertz CT molecular complexity index is 1320. The SMILES string of the molecule is CCOc1nc(-c2cccc(OC)c2)n(-c2ccc(NC(=O)c3ccc(C(F)(F)F)cc3)cc2)n1. The third-order valence-corrected chi connectivity index (χ3v) is 5.03. The molecular formula is C25H21F3N4O3. The molecule has 0 aliphatic rings. The van der Waals surface area contributed by atoms with E-state index in [1.54, 1.807) is 36.1 Å². The van der Waals surface area contributed by atoms with Crippen molar-refractivity contribution in [3.05, 3.63) is 83.9 Å². The number of hydrogen-bond acceptors (Lipinski definition) is 5. The van der Waals surface area contributed by atoms with E-state index in [1.807, 2.05) is 31.2 Å². The average molecular weight is 482 g/mol. The smallest absolute Gasteiger partial charge is 0.416 e.